The number of alkyl halides is 3. The van der Waals surface area contributed by atoms with Crippen molar-refractivity contribution < 1.29 is 22.8 Å². The predicted octanol–water partition coefficient (Wildman–Crippen LogP) is 5.98. The van der Waals surface area contributed by atoms with Gasteiger partial charge in [0.25, 0.3) is 5.69 Å². The minimum absolute atomic E-state index is 0.00340. The normalized spacial score (nSPS) is 21.3. The van der Waals surface area contributed by atoms with Crippen LogP contribution in [-0.4, -0.2) is 59.7 Å². The van der Waals surface area contributed by atoms with Gasteiger partial charge < -0.3 is 15.0 Å². The van der Waals surface area contributed by atoms with Crippen LogP contribution in [0, 0.1) is 15.5 Å². The number of piperazine rings is 1. The van der Waals surface area contributed by atoms with Gasteiger partial charge in [-0.25, -0.2) is 0 Å². The molecule has 1 aliphatic heterocycles. The monoisotopic (exact) mass is 535 g/mol. The molecule has 1 aromatic carbocycles. The molecule has 208 valence electrons. The number of anilines is 2. The quantitative estimate of drug-likeness (QED) is 0.345. The number of hydrogen-bond donors (Lipinski definition) is 1. The third-order valence-corrected chi connectivity index (χ3v) is 6.98. The lowest BCUT2D eigenvalue weighted by Gasteiger charge is -2.38. The van der Waals surface area contributed by atoms with Crippen LogP contribution < -0.4 is 15.0 Å². The van der Waals surface area contributed by atoms with Crippen LogP contribution in [0.15, 0.2) is 36.7 Å². The Morgan fingerprint density at radius 2 is 1.74 bits per heavy atom. The van der Waals surface area contributed by atoms with Gasteiger partial charge in [0.2, 0.25) is 0 Å². The van der Waals surface area contributed by atoms with Crippen molar-refractivity contribution >= 4 is 17.1 Å². The molecule has 0 amide bonds. The number of nitrogens with zero attached hydrogens (tertiary/aromatic N) is 4. The number of nitro groups is 1. The van der Waals surface area contributed by atoms with Crippen LogP contribution in [0.3, 0.4) is 0 Å². The molecule has 2 fully saturated rings. The molecule has 4 rings (SSSR count). The Kier molecular flexibility index (Phi) is 8.34. The van der Waals surface area contributed by atoms with E-state index in [0.717, 1.165) is 69.1 Å². The number of aromatic nitrogens is 1. The third kappa shape index (κ3) is 7.49. The highest BCUT2D eigenvalue weighted by atomic mass is 19.4. The highest BCUT2D eigenvalue weighted by Gasteiger charge is 2.38. The zero-order valence-electron chi connectivity index (χ0n) is 22.1. The fraction of sp³-hybridized carbons (Fsp3) is 0.593. The van der Waals surface area contributed by atoms with E-state index in [9.17, 15) is 23.3 Å². The van der Waals surface area contributed by atoms with Crippen molar-refractivity contribution in [3.05, 3.63) is 52.3 Å². The molecule has 2 heterocycles. The second kappa shape index (κ2) is 11.3. The lowest BCUT2D eigenvalue weighted by Crippen LogP contribution is -2.48. The first-order valence-electron chi connectivity index (χ1n) is 13.1. The summed E-state index contributed by atoms with van der Waals surface area (Å²) in [4.78, 5) is 19.2. The Labute approximate surface area is 221 Å². The molecule has 0 radical (unpaired) electrons. The molecule has 11 heteroatoms. The van der Waals surface area contributed by atoms with Gasteiger partial charge in [-0.1, -0.05) is 20.8 Å². The van der Waals surface area contributed by atoms with E-state index >= 15 is 0 Å². The molecule has 2 aliphatic rings. The van der Waals surface area contributed by atoms with Crippen molar-refractivity contribution in [2.24, 2.45) is 5.41 Å². The first-order chi connectivity index (χ1) is 17.9. The van der Waals surface area contributed by atoms with E-state index in [4.69, 9.17) is 4.74 Å². The number of halogens is 3. The molecule has 1 aliphatic carbocycles. The summed E-state index contributed by atoms with van der Waals surface area (Å²) >= 11 is 0. The summed E-state index contributed by atoms with van der Waals surface area (Å²) in [6.45, 7) is 11.8. The number of hydrogen-bond acceptors (Lipinski definition) is 7. The van der Waals surface area contributed by atoms with Crippen LogP contribution >= 0.6 is 0 Å². The summed E-state index contributed by atoms with van der Waals surface area (Å²) in [5, 5.41) is 14.1. The van der Waals surface area contributed by atoms with Gasteiger partial charge in [-0.15, -0.1) is 0 Å². The molecule has 0 unspecified atom stereocenters. The van der Waals surface area contributed by atoms with E-state index < -0.39 is 22.4 Å². The Balaban J connectivity index is 1.28. The van der Waals surface area contributed by atoms with Crippen LogP contribution in [0.1, 0.15) is 52.0 Å². The summed E-state index contributed by atoms with van der Waals surface area (Å²) in [5.41, 5.74) is -0.631. The van der Waals surface area contributed by atoms with E-state index in [1.807, 2.05) is 12.3 Å². The van der Waals surface area contributed by atoms with Crippen LogP contribution in [0.5, 0.6) is 5.75 Å². The molecule has 1 saturated heterocycles. The number of rotatable bonds is 7. The second-order valence-corrected chi connectivity index (χ2v) is 11.4. The van der Waals surface area contributed by atoms with Gasteiger partial charge in [-0.05, 0) is 43.2 Å². The summed E-state index contributed by atoms with van der Waals surface area (Å²) in [6.07, 6.45) is 1.70. The number of ether oxygens (including phenoxy) is 1. The molecule has 1 saturated carbocycles. The molecule has 2 aromatic rings. The lowest BCUT2D eigenvalue weighted by atomic mass is 9.92. The maximum Gasteiger partial charge on any atom is 0.423 e. The fourth-order valence-electron chi connectivity index (χ4n) is 5.25. The van der Waals surface area contributed by atoms with E-state index in [0.29, 0.717) is 12.8 Å². The van der Waals surface area contributed by atoms with Gasteiger partial charge in [-0.3, -0.25) is 20.0 Å². The summed E-state index contributed by atoms with van der Waals surface area (Å²) in [5.74, 6) is 0.723. The standard InChI is InChI=1S/C27H36F3N5O3/c1-26(2,3)18-33-10-12-34(13-11-33)21-15-23(17-31-16-21)38-22-7-4-19(5-8-22)32-20-6-9-25(35(36)37)24(14-20)27(28,29)30/h6,9,14-17,19,22,32H,4-5,7-8,10-13,18H2,1-3H3/t19-,22-. The van der Waals surface area contributed by atoms with Crippen molar-refractivity contribution in [2.75, 3.05) is 42.9 Å². The van der Waals surface area contributed by atoms with Gasteiger partial charge >= 0.3 is 6.18 Å². The fourth-order valence-corrected chi connectivity index (χ4v) is 5.25. The second-order valence-electron chi connectivity index (χ2n) is 11.4. The molecule has 0 bridgehead atoms. The molecular weight excluding hydrogens is 499 g/mol. The number of nitro benzene ring substituents is 1. The maximum atomic E-state index is 13.3. The minimum atomic E-state index is -4.80. The zero-order valence-corrected chi connectivity index (χ0v) is 22.1. The van der Waals surface area contributed by atoms with Crippen LogP contribution in [0.2, 0.25) is 0 Å². The Bertz CT molecular complexity index is 1110. The highest BCUT2D eigenvalue weighted by molar-refractivity contribution is 5.55. The van der Waals surface area contributed by atoms with Gasteiger partial charge in [0, 0.05) is 56.6 Å². The van der Waals surface area contributed by atoms with E-state index in [1.165, 1.54) is 6.07 Å². The average Bonchev–Trinajstić information content (AvgIpc) is 2.84. The van der Waals surface area contributed by atoms with Gasteiger partial charge in [0.1, 0.15) is 11.3 Å². The zero-order chi connectivity index (χ0) is 27.5. The van der Waals surface area contributed by atoms with Crippen molar-refractivity contribution in [1.82, 2.24) is 9.88 Å². The summed E-state index contributed by atoms with van der Waals surface area (Å²) in [7, 11) is 0. The average molecular weight is 536 g/mol. The molecule has 0 atom stereocenters. The van der Waals surface area contributed by atoms with Crippen LogP contribution in [0.4, 0.5) is 30.2 Å². The molecule has 8 nitrogen and oxygen atoms in total. The van der Waals surface area contributed by atoms with Crippen molar-refractivity contribution in [3.8, 4) is 5.75 Å². The topological polar surface area (TPSA) is 83.8 Å². The van der Waals surface area contributed by atoms with Crippen molar-refractivity contribution in [3.63, 3.8) is 0 Å². The third-order valence-electron chi connectivity index (χ3n) is 6.98. The minimum Gasteiger partial charge on any atom is -0.489 e. The van der Waals surface area contributed by atoms with Crippen molar-refractivity contribution in [1.29, 1.82) is 0 Å². The largest absolute Gasteiger partial charge is 0.489 e. The Morgan fingerprint density at radius 3 is 2.34 bits per heavy atom. The Morgan fingerprint density at radius 1 is 1.05 bits per heavy atom. The SMILES string of the molecule is CC(C)(C)CN1CCN(c2cncc(O[C@H]3CC[C@H](Nc4ccc([N+](=O)[O-])c(C(F)(F)F)c4)CC3)c2)CC1. The van der Waals surface area contributed by atoms with Gasteiger partial charge in [0.15, 0.2) is 0 Å². The molecule has 1 aromatic heterocycles. The van der Waals surface area contributed by atoms with Crippen LogP contribution in [-0.2, 0) is 6.18 Å². The maximum absolute atomic E-state index is 13.3. The first-order valence-corrected chi connectivity index (χ1v) is 13.1. The van der Waals surface area contributed by atoms with Gasteiger partial charge in [0.05, 0.1) is 29.1 Å². The first kappa shape index (κ1) is 27.9. The van der Waals surface area contributed by atoms with Gasteiger partial charge in [-0.2, -0.15) is 13.2 Å². The van der Waals surface area contributed by atoms with Crippen molar-refractivity contribution in [2.45, 2.75) is 64.8 Å². The molecular formula is C27H36F3N5O3. The van der Waals surface area contributed by atoms with E-state index in [-0.39, 0.29) is 23.2 Å². The number of nitrogens with one attached hydrogen (secondary N) is 1. The molecule has 0 spiro atoms. The molecule has 1 N–H and O–H groups in total. The smallest absolute Gasteiger partial charge is 0.423 e. The Hall–Kier alpha value is -3.08. The van der Waals surface area contributed by atoms with Crippen LogP contribution in [0.25, 0.3) is 0 Å². The summed E-state index contributed by atoms with van der Waals surface area (Å²) < 4.78 is 46.1. The summed E-state index contributed by atoms with van der Waals surface area (Å²) in [6, 6.07) is 5.05. The highest BCUT2D eigenvalue weighted by Crippen LogP contribution is 2.38. The number of benzene rings is 1. The predicted molar refractivity (Wildman–Crippen MR) is 141 cm³/mol. The number of pyridine rings is 1. The van der Waals surface area contributed by atoms with E-state index in [2.05, 4.69) is 40.9 Å². The lowest BCUT2D eigenvalue weighted by molar-refractivity contribution is -0.388. The van der Waals surface area contributed by atoms with E-state index in [1.54, 1.807) is 6.20 Å². The molecule has 38 heavy (non-hydrogen) atoms.